The van der Waals surface area contributed by atoms with Crippen LogP contribution in [0.3, 0.4) is 0 Å². The van der Waals surface area contributed by atoms with E-state index in [1.54, 1.807) is 0 Å². The first kappa shape index (κ1) is 31.8. The number of halogens is 10. The van der Waals surface area contributed by atoms with Gasteiger partial charge in [-0.2, -0.15) is 39.5 Å². The summed E-state index contributed by atoms with van der Waals surface area (Å²) in [5, 5.41) is 0. The van der Waals surface area contributed by atoms with Gasteiger partial charge >= 0.3 is 18.5 Å². The summed E-state index contributed by atoms with van der Waals surface area (Å²) < 4.78 is 169. The lowest BCUT2D eigenvalue weighted by molar-refractivity contribution is -0.392. The average molecular weight is 629 g/mol. The molecule has 0 bridgehead atoms. The first-order chi connectivity index (χ1) is 19.4. The van der Waals surface area contributed by atoms with Crippen molar-refractivity contribution in [2.45, 2.75) is 66.1 Å². The van der Waals surface area contributed by atoms with Crippen LogP contribution in [0.2, 0.25) is 0 Å². The van der Waals surface area contributed by atoms with Crippen LogP contribution in [0, 0.1) is 5.82 Å². The number of hydrogen-bond acceptors (Lipinski definition) is 3. The minimum atomic E-state index is -6.19. The number of benzene rings is 3. The van der Waals surface area contributed by atoms with Gasteiger partial charge in [0.15, 0.2) is 9.84 Å². The molecular weight excluding hydrogens is 606 g/mol. The Bertz CT molecular complexity index is 1490. The smallest absolute Gasteiger partial charge is 0.349 e. The first-order valence-corrected chi connectivity index (χ1v) is 13.9. The van der Waals surface area contributed by atoms with Crippen molar-refractivity contribution in [3.63, 3.8) is 0 Å². The van der Waals surface area contributed by atoms with E-state index in [2.05, 4.69) is 4.74 Å². The standard InChI is InChI=1S/C28H22F10O3S/c29-21-11-13-22(14-12-21)42(39,40)24(15-3-4-16-24)19-7-9-20(10-8-19)25(27(33,34)35,28(36,37)38)41-17-18-5-1-2-6-23(18)26(30,31)32/h1-2,5-14H,3-4,15-17H2. The Kier molecular flexibility index (Phi) is 8.22. The molecule has 1 aliphatic rings. The topological polar surface area (TPSA) is 43.4 Å². The Morgan fingerprint density at radius 1 is 0.714 bits per heavy atom. The van der Waals surface area contributed by atoms with Crippen molar-refractivity contribution in [1.82, 2.24) is 0 Å². The molecule has 0 aliphatic heterocycles. The lowest BCUT2D eigenvalue weighted by atomic mass is 9.88. The van der Waals surface area contributed by atoms with Crippen LogP contribution >= 0.6 is 0 Å². The Hall–Kier alpha value is -3.13. The van der Waals surface area contributed by atoms with E-state index in [0.29, 0.717) is 37.1 Å². The monoisotopic (exact) mass is 628 g/mol. The molecule has 0 heterocycles. The van der Waals surface area contributed by atoms with Gasteiger partial charge in [-0.15, -0.1) is 0 Å². The maximum atomic E-state index is 14.3. The minimum absolute atomic E-state index is 0.000464. The third-order valence-electron chi connectivity index (χ3n) is 7.43. The van der Waals surface area contributed by atoms with Crippen molar-refractivity contribution in [2.75, 3.05) is 0 Å². The Morgan fingerprint density at radius 2 is 1.24 bits per heavy atom. The van der Waals surface area contributed by atoms with E-state index in [0.717, 1.165) is 48.5 Å². The molecule has 3 aromatic carbocycles. The zero-order chi connectivity index (χ0) is 31.2. The molecule has 1 fully saturated rings. The Balaban J connectivity index is 1.81. The van der Waals surface area contributed by atoms with E-state index in [1.807, 2.05) is 0 Å². The van der Waals surface area contributed by atoms with Gasteiger partial charge in [0.05, 0.1) is 17.1 Å². The van der Waals surface area contributed by atoms with Crippen LogP contribution in [0.25, 0.3) is 0 Å². The van der Waals surface area contributed by atoms with Crippen molar-refractivity contribution in [3.8, 4) is 0 Å². The van der Waals surface area contributed by atoms with Gasteiger partial charge in [-0.05, 0) is 54.3 Å². The lowest BCUT2D eigenvalue weighted by Crippen LogP contribution is -2.56. The summed E-state index contributed by atoms with van der Waals surface area (Å²) in [6.45, 7) is -1.70. The van der Waals surface area contributed by atoms with Gasteiger partial charge in [0.2, 0.25) is 0 Å². The quantitative estimate of drug-likeness (QED) is 0.194. The minimum Gasteiger partial charge on any atom is -0.349 e. The third-order valence-corrected chi connectivity index (χ3v) is 10.00. The summed E-state index contributed by atoms with van der Waals surface area (Å²) >= 11 is 0. The maximum absolute atomic E-state index is 14.3. The van der Waals surface area contributed by atoms with Crippen LogP contribution < -0.4 is 0 Å². The molecule has 4 rings (SSSR count). The second-order valence-corrected chi connectivity index (χ2v) is 12.1. The lowest BCUT2D eigenvalue weighted by Gasteiger charge is -2.38. The average Bonchev–Trinajstić information content (AvgIpc) is 3.40. The fourth-order valence-corrected chi connectivity index (χ4v) is 7.57. The number of hydrogen-bond donors (Lipinski definition) is 0. The van der Waals surface area contributed by atoms with Crippen molar-refractivity contribution in [1.29, 1.82) is 0 Å². The largest absolute Gasteiger partial charge is 0.430 e. The molecule has 0 aromatic heterocycles. The normalized spacial score (nSPS) is 16.5. The predicted molar refractivity (Wildman–Crippen MR) is 130 cm³/mol. The molecule has 228 valence electrons. The second-order valence-electron chi connectivity index (χ2n) is 9.86. The number of sulfone groups is 1. The molecular formula is C28H22F10O3S. The first-order valence-electron chi connectivity index (χ1n) is 12.4. The molecule has 1 saturated carbocycles. The van der Waals surface area contributed by atoms with Gasteiger partial charge < -0.3 is 4.74 Å². The number of alkyl halides is 9. The van der Waals surface area contributed by atoms with Gasteiger partial charge in [-0.3, -0.25) is 0 Å². The molecule has 3 aromatic rings. The van der Waals surface area contributed by atoms with E-state index < -0.39 is 67.8 Å². The van der Waals surface area contributed by atoms with Crippen molar-refractivity contribution in [3.05, 3.63) is 101 Å². The molecule has 0 N–H and O–H groups in total. The molecule has 0 radical (unpaired) electrons. The highest BCUT2D eigenvalue weighted by Crippen LogP contribution is 2.55. The summed E-state index contributed by atoms with van der Waals surface area (Å²) in [5.74, 6) is -0.715. The highest BCUT2D eigenvalue weighted by atomic mass is 32.2. The fraction of sp³-hybridized carbons (Fsp3) is 0.357. The van der Waals surface area contributed by atoms with Gasteiger partial charge in [0, 0.05) is 5.56 Å². The van der Waals surface area contributed by atoms with E-state index in [9.17, 15) is 52.3 Å². The second kappa shape index (κ2) is 10.9. The van der Waals surface area contributed by atoms with E-state index in [-0.39, 0.29) is 23.3 Å². The van der Waals surface area contributed by atoms with Crippen molar-refractivity contribution in [2.24, 2.45) is 0 Å². The Morgan fingerprint density at radius 3 is 1.74 bits per heavy atom. The van der Waals surface area contributed by atoms with Crippen LogP contribution in [0.1, 0.15) is 47.9 Å². The SMILES string of the molecule is O=S(=O)(c1ccc(F)cc1)C1(c2ccc(C(OCc3ccccc3C(F)(F)F)(C(F)(F)F)C(F)(F)F)cc2)CCCC1. The van der Waals surface area contributed by atoms with E-state index >= 15 is 0 Å². The molecule has 42 heavy (non-hydrogen) atoms. The van der Waals surface area contributed by atoms with Gasteiger partial charge in [-0.1, -0.05) is 55.3 Å². The van der Waals surface area contributed by atoms with Crippen LogP contribution in [-0.4, -0.2) is 20.8 Å². The van der Waals surface area contributed by atoms with Crippen LogP contribution in [0.5, 0.6) is 0 Å². The van der Waals surface area contributed by atoms with Gasteiger partial charge in [0.1, 0.15) is 10.6 Å². The summed E-state index contributed by atoms with van der Waals surface area (Å²) in [6.07, 6.45) is -16.7. The zero-order valence-electron chi connectivity index (χ0n) is 21.4. The highest BCUT2D eigenvalue weighted by molar-refractivity contribution is 7.92. The number of rotatable bonds is 7. The molecule has 1 aliphatic carbocycles. The van der Waals surface area contributed by atoms with E-state index in [4.69, 9.17) is 0 Å². The van der Waals surface area contributed by atoms with Crippen molar-refractivity contribution < 1.29 is 57.1 Å². The van der Waals surface area contributed by atoms with Crippen molar-refractivity contribution >= 4 is 9.84 Å². The number of ether oxygens (including phenoxy) is 1. The van der Waals surface area contributed by atoms with Crippen LogP contribution in [-0.2, 0) is 37.7 Å². The zero-order valence-corrected chi connectivity index (χ0v) is 22.2. The summed E-state index contributed by atoms with van der Waals surface area (Å²) in [7, 11) is -4.29. The molecule has 0 saturated heterocycles. The highest BCUT2D eigenvalue weighted by Gasteiger charge is 2.73. The Labute approximate surface area is 234 Å². The van der Waals surface area contributed by atoms with Gasteiger partial charge in [0.25, 0.3) is 5.60 Å². The van der Waals surface area contributed by atoms with Gasteiger partial charge in [-0.25, -0.2) is 12.8 Å². The molecule has 14 heteroatoms. The predicted octanol–water partition coefficient (Wildman–Crippen LogP) is 8.62. The summed E-state index contributed by atoms with van der Waals surface area (Å²) in [6, 6.07) is 9.47. The van der Waals surface area contributed by atoms with E-state index in [1.165, 1.54) is 0 Å². The summed E-state index contributed by atoms with van der Waals surface area (Å²) in [5.41, 5.74) is -9.05. The maximum Gasteiger partial charge on any atom is 0.430 e. The summed E-state index contributed by atoms with van der Waals surface area (Å²) in [4.78, 5) is -0.276. The van der Waals surface area contributed by atoms with Crippen LogP contribution in [0.4, 0.5) is 43.9 Å². The molecule has 0 unspecified atom stereocenters. The molecule has 0 spiro atoms. The molecule has 0 amide bonds. The molecule has 3 nitrogen and oxygen atoms in total. The molecule has 0 atom stereocenters. The fourth-order valence-electron chi connectivity index (χ4n) is 5.35. The van der Waals surface area contributed by atoms with Crippen LogP contribution in [0.15, 0.2) is 77.7 Å². The third kappa shape index (κ3) is 5.38.